The normalized spacial score (nSPS) is 22.8. The lowest BCUT2D eigenvalue weighted by molar-refractivity contribution is -0.138. The Hall–Kier alpha value is -1.62. The van der Waals surface area contributed by atoms with Crippen LogP contribution in [0.5, 0.6) is 5.75 Å². The van der Waals surface area contributed by atoms with Gasteiger partial charge in [0.2, 0.25) is 0 Å². The Kier molecular flexibility index (Phi) is 4.60. The molecule has 1 aromatic rings. The largest absolute Gasteiger partial charge is 0.478 e. The second-order valence-electron chi connectivity index (χ2n) is 5.40. The summed E-state index contributed by atoms with van der Waals surface area (Å²) in [7, 11) is 1.70. The minimum atomic E-state index is -0.734. The van der Waals surface area contributed by atoms with Gasteiger partial charge in [0.1, 0.15) is 0 Å². The summed E-state index contributed by atoms with van der Waals surface area (Å²) in [5, 5.41) is 9.23. The van der Waals surface area contributed by atoms with Crippen molar-refractivity contribution in [3.05, 3.63) is 30.1 Å². The summed E-state index contributed by atoms with van der Waals surface area (Å²) in [6.07, 6.45) is 0.512. The number of amides is 1. The highest BCUT2D eigenvalue weighted by Crippen LogP contribution is 2.27. The lowest BCUT2D eigenvalue weighted by atomic mass is 9.82. The molecule has 4 nitrogen and oxygen atoms in total. The summed E-state index contributed by atoms with van der Waals surface area (Å²) in [6, 6.07) is 6.03. The monoisotopic (exact) mass is 281 g/mol. The van der Waals surface area contributed by atoms with E-state index in [2.05, 4.69) is 0 Å². The average Bonchev–Trinajstić information content (AvgIpc) is 2.38. The van der Waals surface area contributed by atoms with Crippen LogP contribution in [0.15, 0.2) is 24.3 Å². The predicted octanol–water partition coefficient (Wildman–Crippen LogP) is 1.82. The fourth-order valence-electron chi connectivity index (χ4n) is 2.42. The van der Waals surface area contributed by atoms with Gasteiger partial charge in [0.15, 0.2) is 17.7 Å². The number of halogens is 1. The molecular formula is C15H20FNO3. The van der Waals surface area contributed by atoms with Gasteiger partial charge in [-0.3, -0.25) is 4.79 Å². The zero-order valence-electron chi connectivity index (χ0n) is 11.8. The minimum Gasteiger partial charge on any atom is -0.478 e. The zero-order valence-corrected chi connectivity index (χ0v) is 11.8. The molecule has 2 rings (SSSR count). The van der Waals surface area contributed by atoms with E-state index in [1.807, 2.05) is 0 Å². The van der Waals surface area contributed by atoms with Gasteiger partial charge in [0, 0.05) is 13.6 Å². The number of aliphatic hydroxyl groups is 1. The van der Waals surface area contributed by atoms with E-state index in [0.717, 1.165) is 12.8 Å². The van der Waals surface area contributed by atoms with Crippen molar-refractivity contribution >= 4 is 5.91 Å². The molecule has 5 heteroatoms. The first-order valence-corrected chi connectivity index (χ1v) is 6.81. The molecule has 1 aliphatic rings. The number of carbonyl (C=O) groups excluding carboxylic acids is 1. The van der Waals surface area contributed by atoms with Crippen LogP contribution in [-0.4, -0.2) is 41.7 Å². The van der Waals surface area contributed by atoms with E-state index in [9.17, 15) is 14.3 Å². The number of hydrogen-bond acceptors (Lipinski definition) is 3. The van der Waals surface area contributed by atoms with Crippen molar-refractivity contribution < 1.29 is 19.0 Å². The average molecular weight is 281 g/mol. The quantitative estimate of drug-likeness (QED) is 0.895. The van der Waals surface area contributed by atoms with Crippen molar-refractivity contribution in [2.24, 2.45) is 5.92 Å². The van der Waals surface area contributed by atoms with Crippen molar-refractivity contribution in [2.45, 2.75) is 32.0 Å². The van der Waals surface area contributed by atoms with Gasteiger partial charge in [-0.15, -0.1) is 0 Å². The highest BCUT2D eigenvalue weighted by Gasteiger charge is 2.30. The molecule has 20 heavy (non-hydrogen) atoms. The fraction of sp³-hybridized carbons (Fsp3) is 0.533. The highest BCUT2D eigenvalue weighted by atomic mass is 19.1. The Morgan fingerprint density at radius 3 is 2.75 bits per heavy atom. The molecule has 1 saturated carbocycles. The van der Waals surface area contributed by atoms with E-state index < -0.39 is 11.9 Å². The van der Waals surface area contributed by atoms with E-state index in [1.54, 1.807) is 31.0 Å². The lowest BCUT2D eigenvalue weighted by Gasteiger charge is -2.35. The topological polar surface area (TPSA) is 49.8 Å². The maximum atomic E-state index is 13.5. The predicted molar refractivity (Wildman–Crippen MR) is 72.9 cm³/mol. The third kappa shape index (κ3) is 3.48. The number of benzene rings is 1. The first-order valence-electron chi connectivity index (χ1n) is 6.81. The molecule has 0 heterocycles. The van der Waals surface area contributed by atoms with Crippen LogP contribution in [0.4, 0.5) is 4.39 Å². The molecular weight excluding hydrogens is 261 g/mol. The Labute approximate surface area is 118 Å². The Balaban J connectivity index is 1.86. The lowest BCUT2D eigenvalue weighted by Crippen LogP contribution is -2.44. The van der Waals surface area contributed by atoms with Crippen LogP contribution in [0.2, 0.25) is 0 Å². The van der Waals surface area contributed by atoms with E-state index in [4.69, 9.17) is 4.74 Å². The van der Waals surface area contributed by atoms with E-state index in [0.29, 0.717) is 12.5 Å². The van der Waals surface area contributed by atoms with Crippen LogP contribution in [-0.2, 0) is 4.79 Å². The van der Waals surface area contributed by atoms with Crippen molar-refractivity contribution in [3.8, 4) is 5.75 Å². The zero-order chi connectivity index (χ0) is 14.7. The van der Waals surface area contributed by atoms with Crippen LogP contribution in [0.25, 0.3) is 0 Å². The third-order valence-electron chi connectivity index (χ3n) is 3.61. The summed E-state index contributed by atoms with van der Waals surface area (Å²) in [5.41, 5.74) is 0. The standard InChI is InChI=1S/C15H20FNO3/c1-10(20-14-6-4-3-5-13(14)16)15(19)17(2)9-11-7-12(18)8-11/h3-6,10-12,18H,7-9H2,1-2H3. The van der Waals surface area contributed by atoms with Crippen LogP contribution in [0.3, 0.4) is 0 Å². The summed E-state index contributed by atoms with van der Waals surface area (Å²) in [5.74, 6) is -0.230. The Bertz CT molecular complexity index is 474. The number of nitrogens with zero attached hydrogens (tertiary/aromatic N) is 1. The highest BCUT2D eigenvalue weighted by molar-refractivity contribution is 5.80. The van der Waals surface area contributed by atoms with Gasteiger partial charge in [-0.05, 0) is 37.8 Å². The summed E-state index contributed by atoms with van der Waals surface area (Å²) < 4.78 is 18.8. The van der Waals surface area contributed by atoms with Crippen LogP contribution in [0, 0.1) is 11.7 Å². The fourth-order valence-corrected chi connectivity index (χ4v) is 2.42. The maximum absolute atomic E-state index is 13.5. The van der Waals surface area contributed by atoms with Gasteiger partial charge in [-0.2, -0.15) is 0 Å². The summed E-state index contributed by atoms with van der Waals surface area (Å²) in [6.45, 7) is 2.21. The number of ether oxygens (including phenoxy) is 1. The number of rotatable bonds is 5. The second kappa shape index (κ2) is 6.22. The van der Waals surface area contributed by atoms with Crippen molar-refractivity contribution in [2.75, 3.05) is 13.6 Å². The van der Waals surface area contributed by atoms with E-state index >= 15 is 0 Å². The van der Waals surface area contributed by atoms with Crippen LogP contribution >= 0.6 is 0 Å². The van der Waals surface area contributed by atoms with Crippen molar-refractivity contribution in [1.29, 1.82) is 0 Å². The number of aliphatic hydroxyl groups excluding tert-OH is 1. The van der Waals surface area contributed by atoms with Gasteiger partial charge in [0.25, 0.3) is 5.91 Å². The van der Waals surface area contributed by atoms with E-state index in [1.165, 1.54) is 12.1 Å². The number of likely N-dealkylation sites (N-methyl/N-ethyl adjacent to an activating group) is 1. The number of para-hydroxylation sites is 1. The molecule has 1 aromatic carbocycles. The summed E-state index contributed by atoms with van der Waals surface area (Å²) in [4.78, 5) is 13.7. The molecule has 0 radical (unpaired) electrons. The van der Waals surface area contributed by atoms with Gasteiger partial charge >= 0.3 is 0 Å². The van der Waals surface area contributed by atoms with Gasteiger partial charge in [-0.1, -0.05) is 12.1 Å². The van der Waals surface area contributed by atoms with Crippen molar-refractivity contribution in [3.63, 3.8) is 0 Å². The molecule has 0 saturated heterocycles. The van der Waals surface area contributed by atoms with Crippen LogP contribution in [0.1, 0.15) is 19.8 Å². The molecule has 0 aliphatic heterocycles. The Morgan fingerprint density at radius 2 is 2.15 bits per heavy atom. The minimum absolute atomic E-state index is 0.0841. The molecule has 1 amide bonds. The molecule has 1 aliphatic carbocycles. The number of hydrogen-bond donors (Lipinski definition) is 1. The molecule has 0 aromatic heterocycles. The number of carbonyl (C=O) groups is 1. The SMILES string of the molecule is CC(Oc1ccccc1F)C(=O)N(C)CC1CC(O)C1. The first kappa shape index (κ1) is 14.8. The molecule has 1 unspecified atom stereocenters. The van der Waals surface area contributed by atoms with Gasteiger partial charge in [0.05, 0.1) is 6.10 Å². The molecule has 110 valence electrons. The first-order chi connectivity index (χ1) is 9.47. The third-order valence-corrected chi connectivity index (χ3v) is 3.61. The molecule has 1 atom stereocenters. The second-order valence-corrected chi connectivity index (χ2v) is 5.40. The molecule has 0 bridgehead atoms. The molecule has 1 N–H and O–H groups in total. The smallest absolute Gasteiger partial charge is 0.263 e. The van der Waals surface area contributed by atoms with E-state index in [-0.39, 0.29) is 17.8 Å². The van der Waals surface area contributed by atoms with Crippen LogP contribution < -0.4 is 4.74 Å². The molecule has 1 fully saturated rings. The van der Waals surface area contributed by atoms with Gasteiger partial charge in [-0.25, -0.2) is 4.39 Å². The Morgan fingerprint density at radius 1 is 1.50 bits per heavy atom. The van der Waals surface area contributed by atoms with Crippen molar-refractivity contribution in [1.82, 2.24) is 4.90 Å². The maximum Gasteiger partial charge on any atom is 0.263 e. The summed E-state index contributed by atoms with van der Waals surface area (Å²) >= 11 is 0. The molecule has 0 spiro atoms. The van der Waals surface area contributed by atoms with Gasteiger partial charge < -0.3 is 14.7 Å².